The quantitative estimate of drug-likeness (QED) is 0.556. The maximum Gasteiger partial charge on any atom is 0.262 e. The molecule has 0 saturated carbocycles. The Labute approximate surface area is 184 Å². The van der Waals surface area contributed by atoms with Crippen LogP contribution in [0.25, 0.3) is 0 Å². The lowest BCUT2D eigenvalue weighted by molar-refractivity contribution is -0.118. The minimum Gasteiger partial charge on any atom is -0.483 e. The first-order chi connectivity index (χ1) is 14.2. The van der Waals surface area contributed by atoms with Crippen LogP contribution in [0, 0.1) is 0 Å². The van der Waals surface area contributed by atoms with Crippen LogP contribution in [-0.2, 0) is 14.8 Å². The number of nitrogens with one attached hydrogen (secondary N) is 1. The van der Waals surface area contributed by atoms with Crippen LogP contribution in [0.15, 0.2) is 47.4 Å². The van der Waals surface area contributed by atoms with Gasteiger partial charge in [0, 0.05) is 13.1 Å². The normalized spacial score (nSPS) is 12.6. The third-order valence-electron chi connectivity index (χ3n) is 4.98. The van der Waals surface area contributed by atoms with E-state index in [4.69, 9.17) is 16.3 Å². The number of halogens is 1. The van der Waals surface area contributed by atoms with Crippen LogP contribution >= 0.6 is 11.6 Å². The molecule has 1 atom stereocenters. The Morgan fingerprint density at radius 2 is 1.80 bits per heavy atom. The maximum absolute atomic E-state index is 12.7. The van der Waals surface area contributed by atoms with Gasteiger partial charge in [-0.3, -0.25) is 4.79 Å². The molecule has 0 aromatic heterocycles. The third-order valence-corrected chi connectivity index (χ3v) is 7.35. The summed E-state index contributed by atoms with van der Waals surface area (Å²) in [5.41, 5.74) is 1.27. The number of sulfonamides is 1. The lowest BCUT2D eigenvalue weighted by Crippen LogP contribution is -2.30. The second kappa shape index (κ2) is 10.8. The number of hydrogen-bond acceptors (Lipinski definition) is 4. The molecule has 0 fully saturated rings. The van der Waals surface area contributed by atoms with Gasteiger partial charge in [0.2, 0.25) is 10.0 Å². The molecule has 0 radical (unpaired) electrons. The first kappa shape index (κ1) is 24.2. The first-order valence-electron chi connectivity index (χ1n) is 10.1. The number of para-hydroxylation sites is 1. The van der Waals surface area contributed by atoms with E-state index in [1.807, 2.05) is 24.3 Å². The molecular formula is C22H29ClN2O4S. The lowest BCUT2D eigenvalue weighted by atomic mass is 9.98. The number of amides is 1. The number of ether oxygens (including phenoxy) is 1. The van der Waals surface area contributed by atoms with Gasteiger partial charge in [0.1, 0.15) is 5.75 Å². The van der Waals surface area contributed by atoms with Crippen LogP contribution in [0.5, 0.6) is 5.75 Å². The number of nitrogens with zero attached hydrogens (tertiary/aromatic N) is 1. The van der Waals surface area contributed by atoms with Crippen molar-refractivity contribution in [1.29, 1.82) is 0 Å². The highest BCUT2D eigenvalue weighted by molar-refractivity contribution is 7.89. The average Bonchev–Trinajstić information content (AvgIpc) is 2.74. The molecular weight excluding hydrogens is 424 g/mol. The second-order valence-electron chi connectivity index (χ2n) is 6.91. The minimum absolute atomic E-state index is 0.0777. The number of carbonyl (C=O) groups is 1. The van der Waals surface area contributed by atoms with Crippen molar-refractivity contribution in [2.45, 2.75) is 44.9 Å². The predicted octanol–water partition coefficient (Wildman–Crippen LogP) is 4.90. The van der Waals surface area contributed by atoms with Crippen molar-refractivity contribution in [3.05, 3.63) is 53.1 Å². The largest absolute Gasteiger partial charge is 0.483 e. The van der Waals surface area contributed by atoms with Crippen molar-refractivity contribution in [3.8, 4) is 5.75 Å². The summed E-state index contributed by atoms with van der Waals surface area (Å²) in [5.74, 6) is 0.542. The molecule has 8 heteroatoms. The zero-order chi connectivity index (χ0) is 22.3. The summed E-state index contributed by atoms with van der Waals surface area (Å²) >= 11 is 6.18. The highest BCUT2D eigenvalue weighted by atomic mass is 35.5. The molecule has 0 heterocycles. The van der Waals surface area contributed by atoms with Crippen molar-refractivity contribution in [3.63, 3.8) is 0 Å². The molecule has 0 saturated heterocycles. The second-order valence-corrected chi connectivity index (χ2v) is 9.26. The van der Waals surface area contributed by atoms with Crippen LogP contribution in [0.4, 0.5) is 5.69 Å². The van der Waals surface area contributed by atoms with E-state index in [9.17, 15) is 13.2 Å². The maximum atomic E-state index is 12.7. The number of rotatable bonds is 10. The fraction of sp³-hybridized carbons (Fsp3) is 0.409. The van der Waals surface area contributed by atoms with Gasteiger partial charge < -0.3 is 10.1 Å². The van der Waals surface area contributed by atoms with E-state index in [1.54, 1.807) is 13.8 Å². The van der Waals surface area contributed by atoms with Crippen molar-refractivity contribution >= 4 is 33.2 Å². The van der Waals surface area contributed by atoms with E-state index in [1.165, 1.54) is 22.5 Å². The number of carbonyl (C=O) groups excluding carboxylic acids is 1. The highest BCUT2D eigenvalue weighted by Gasteiger charge is 2.23. The molecule has 1 amide bonds. The average molecular weight is 453 g/mol. The molecule has 2 aromatic rings. The summed E-state index contributed by atoms with van der Waals surface area (Å²) < 4.78 is 32.5. The molecule has 0 spiro atoms. The van der Waals surface area contributed by atoms with Crippen molar-refractivity contribution in [2.75, 3.05) is 25.0 Å². The van der Waals surface area contributed by atoms with E-state index in [-0.39, 0.29) is 22.2 Å². The summed E-state index contributed by atoms with van der Waals surface area (Å²) in [6.45, 7) is 8.23. The summed E-state index contributed by atoms with van der Waals surface area (Å²) in [6, 6.07) is 11.9. The van der Waals surface area contributed by atoms with E-state index < -0.39 is 15.9 Å². The fourth-order valence-electron chi connectivity index (χ4n) is 3.04. The van der Waals surface area contributed by atoms with Crippen molar-refractivity contribution < 1.29 is 17.9 Å². The van der Waals surface area contributed by atoms with Gasteiger partial charge in [-0.2, -0.15) is 4.31 Å². The van der Waals surface area contributed by atoms with Crippen LogP contribution in [0.3, 0.4) is 0 Å². The molecule has 0 aliphatic rings. The zero-order valence-electron chi connectivity index (χ0n) is 17.8. The smallest absolute Gasteiger partial charge is 0.262 e. The van der Waals surface area contributed by atoms with Crippen LogP contribution in [0.2, 0.25) is 5.02 Å². The van der Waals surface area contributed by atoms with Crippen LogP contribution < -0.4 is 10.1 Å². The van der Waals surface area contributed by atoms with Gasteiger partial charge in [0.05, 0.1) is 15.6 Å². The third kappa shape index (κ3) is 5.74. The molecule has 164 valence electrons. The molecule has 30 heavy (non-hydrogen) atoms. The van der Waals surface area contributed by atoms with Gasteiger partial charge in [-0.25, -0.2) is 8.42 Å². The van der Waals surface area contributed by atoms with Crippen molar-refractivity contribution in [2.24, 2.45) is 0 Å². The van der Waals surface area contributed by atoms with Gasteiger partial charge in [0.15, 0.2) is 6.61 Å². The fourth-order valence-corrected chi connectivity index (χ4v) is 4.69. The molecule has 1 N–H and O–H groups in total. The summed E-state index contributed by atoms with van der Waals surface area (Å²) in [6.07, 6.45) is 0.954. The lowest BCUT2D eigenvalue weighted by Gasteiger charge is -2.19. The van der Waals surface area contributed by atoms with Crippen molar-refractivity contribution in [1.82, 2.24) is 4.31 Å². The van der Waals surface area contributed by atoms with Gasteiger partial charge in [-0.15, -0.1) is 0 Å². The van der Waals surface area contributed by atoms with Gasteiger partial charge >= 0.3 is 0 Å². The number of hydrogen-bond donors (Lipinski definition) is 1. The monoisotopic (exact) mass is 452 g/mol. The Morgan fingerprint density at radius 3 is 2.43 bits per heavy atom. The first-order valence-corrected chi connectivity index (χ1v) is 11.9. The summed E-state index contributed by atoms with van der Waals surface area (Å²) in [5, 5.41) is 2.90. The van der Waals surface area contributed by atoms with Gasteiger partial charge in [-0.05, 0) is 42.2 Å². The van der Waals surface area contributed by atoms with E-state index in [2.05, 4.69) is 19.2 Å². The Morgan fingerprint density at radius 1 is 1.13 bits per heavy atom. The predicted molar refractivity (Wildman–Crippen MR) is 121 cm³/mol. The molecule has 2 aromatic carbocycles. The Kier molecular flexibility index (Phi) is 8.70. The summed E-state index contributed by atoms with van der Waals surface area (Å²) in [4.78, 5) is 12.5. The zero-order valence-corrected chi connectivity index (χ0v) is 19.4. The standard InChI is InChI=1S/C22H29ClN2O4S/c1-5-16(4)18-10-8-9-11-21(18)29-15-22(26)24-20-14-17(12-13-19(20)23)30(27,28)25(6-2)7-3/h8-14,16H,5-7,15H2,1-4H3,(H,24,26). The summed E-state index contributed by atoms with van der Waals surface area (Å²) in [7, 11) is -3.66. The molecule has 0 bridgehead atoms. The Balaban J connectivity index is 2.15. The molecule has 1 unspecified atom stereocenters. The molecule has 6 nitrogen and oxygen atoms in total. The Hall–Kier alpha value is -2.09. The number of benzene rings is 2. The van der Waals surface area contributed by atoms with Gasteiger partial charge in [-0.1, -0.05) is 57.5 Å². The van der Waals surface area contributed by atoms with E-state index >= 15 is 0 Å². The van der Waals surface area contributed by atoms with Gasteiger partial charge in [0.25, 0.3) is 5.91 Å². The molecule has 2 rings (SSSR count). The topological polar surface area (TPSA) is 75.7 Å². The molecule has 0 aliphatic heterocycles. The van der Waals surface area contributed by atoms with Crippen LogP contribution in [0.1, 0.15) is 45.6 Å². The van der Waals surface area contributed by atoms with E-state index in [0.29, 0.717) is 24.8 Å². The SMILES string of the molecule is CCC(C)c1ccccc1OCC(=O)Nc1cc(S(=O)(=O)N(CC)CC)ccc1Cl. The number of anilines is 1. The van der Waals surface area contributed by atoms with Crippen LogP contribution in [-0.4, -0.2) is 38.3 Å². The minimum atomic E-state index is -3.66. The Bertz CT molecular complexity index is 975. The molecule has 0 aliphatic carbocycles. The van der Waals surface area contributed by atoms with E-state index in [0.717, 1.165) is 12.0 Å². The highest BCUT2D eigenvalue weighted by Crippen LogP contribution is 2.29.